The fourth-order valence-electron chi connectivity index (χ4n) is 1.88. The van der Waals surface area contributed by atoms with Gasteiger partial charge in [-0.25, -0.2) is 4.79 Å². The van der Waals surface area contributed by atoms with E-state index in [-0.39, 0.29) is 16.5 Å². The number of benzene rings is 2. The molecule has 0 radical (unpaired) electrons. The quantitative estimate of drug-likeness (QED) is 0.321. The molecule has 140 valence electrons. The van der Waals surface area contributed by atoms with Gasteiger partial charge < -0.3 is 9.47 Å². The lowest BCUT2D eigenvalue weighted by molar-refractivity contribution is -0.151. The highest BCUT2D eigenvalue weighted by molar-refractivity contribution is 9.10. The topological polar surface area (TPSA) is 107 Å². The lowest BCUT2D eigenvalue weighted by atomic mass is 10.1. The molecule has 2 aromatic rings. The lowest BCUT2D eigenvalue weighted by Gasteiger charge is -2.14. The molecule has 1 unspecified atom stereocenters. The number of carbonyl (C=O) groups is 2. The van der Waals surface area contributed by atoms with Crippen LogP contribution < -0.4 is 9.47 Å². The van der Waals surface area contributed by atoms with Gasteiger partial charge in [0.15, 0.2) is 0 Å². The molecular weight excluding hydrogens is 442 g/mol. The first-order chi connectivity index (χ1) is 11.9. The van der Waals surface area contributed by atoms with Crippen molar-refractivity contribution in [2.24, 2.45) is 0 Å². The van der Waals surface area contributed by atoms with Crippen molar-refractivity contribution in [1.82, 2.24) is 0 Å². The monoisotopic (exact) mass is 452 g/mol. The zero-order valence-corrected chi connectivity index (χ0v) is 15.4. The Bertz CT molecular complexity index is 973. The van der Waals surface area contributed by atoms with Gasteiger partial charge in [-0.3, -0.25) is 9.35 Å². The van der Waals surface area contributed by atoms with Crippen molar-refractivity contribution >= 4 is 48.8 Å². The SMILES string of the molecule is CC(Br)C(=O)Oc1cccc2c(OC(=O)C(F)(F)S(=O)(=O)O)cccc12. The highest BCUT2D eigenvalue weighted by Gasteiger charge is 2.54. The Morgan fingerprint density at radius 1 is 1.08 bits per heavy atom. The van der Waals surface area contributed by atoms with Crippen LogP contribution in [0.15, 0.2) is 36.4 Å². The van der Waals surface area contributed by atoms with Crippen molar-refractivity contribution < 1.29 is 40.8 Å². The summed E-state index contributed by atoms with van der Waals surface area (Å²) in [5.74, 6) is -3.40. The summed E-state index contributed by atoms with van der Waals surface area (Å²) in [4.78, 5) is 22.6. The number of halogens is 3. The third kappa shape index (κ3) is 4.00. The largest absolute Gasteiger partial charge is 0.466 e. The summed E-state index contributed by atoms with van der Waals surface area (Å²) in [5, 5.41) is -4.76. The second kappa shape index (κ2) is 7.25. The summed E-state index contributed by atoms with van der Waals surface area (Å²) in [6.07, 6.45) is 0. The fourth-order valence-corrected chi connectivity index (χ4v) is 2.23. The van der Waals surface area contributed by atoms with Gasteiger partial charge in [-0.1, -0.05) is 40.2 Å². The summed E-state index contributed by atoms with van der Waals surface area (Å²) in [6, 6.07) is 8.19. The minimum atomic E-state index is -5.99. The van der Waals surface area contributed by atoms with Gasteiger partial charge in [-0.2, -0.15) is 17.2 Å². The van der Waals surface area contributed by atoms with Crippen LogP contribution in [0.2, 0.25) is 0 Å². The standard InChI is InChI=1S/C15H11BrF2O7S/c1-8(16)13(19)24-11-6-2-5-10-9(11)4-3-7-12(10)25-14(20)15(17,18)26(21,22)23/h2-8H,1H3,(H,21,22,23). The lowest BCUT2D eigenvalue weighted by Crippen LogP contribution is -2.40. The number of hydrogen-bond donors (Lipinski definition) is 1. The first-order valence-corrected chi connectivity index (χ1v) is 9.25. The average molecular weight is 453 g/mol. The Morgan fingerprint density at radius 2 is 1.54 bits per heavy atom. The van der Waals surface area contributed by atoms with Gasteiger partial charge in [0.05, 0.1) is 0 Å². The molecule has 0 spiro atoms. The maximum Gasteiger partial charge on any atom is 0.466 e. The van der Waals surface area contributed by atoms with Gasteiger partial charge in [0, 0.05) is 10.8 Å². The van der Waals surface area contributed by atoms with Crippen molar-refractivity contribution in [3.05, 3.63) is 36.4 Å². The molecule has 1 N–H and O–H groups in total. The number of alkyl halides is 3. The molecule has 0 fully saturated rings. The second-order valence-corrected chi connectivity index (χ2v) is 7.86. The van der Waals surface area contributed by atoms with Crippen LogP contribution in [0.25, 0.3) is 10.8 Å². The zero-order valence-electron chi connectivity index (χ0n) is 13.0. The van der Waals surface area contributed by atoms with E-state index in [0.717, 1.165) is 6.07 Å². The Kier molecular flexibility index (Phi) is 5.64. The van der Waals surface area contributed by atoms with Gasteiger partial charge >= 0.3 is 27.3 Å². The van der Waals surface area contributed by atoms with E-state index in [0.29, 0.717) is 0 Å². The minimum Gasteiger partial charge on any atom is -0.425 e. The number of esters is 2. The van der Waals surface area contributed by atoms with Crippen molar-refractivity contribution in [3.63, 3.8) is 0 Å². The highest BCUT2D eigenvalue weighted by atomic mass is 79.9. The van der Waals surface area contributed by atoms with Crippen LogP contribution in [-0.2, 0) is 19.7 Å². The minimum absolute atomic E-state index is 0.0817. The van der Waals surface area contributed by atoms with Crippen LogP contribution in [0, 0.1) is 0 Å². The molecule has 26 heavy (non-hydrogen) atoms. The van der Waals surface area contributed by atoms with Crippen molar-refractivity contribution in [3.8, 4) is 11.5 Å². The van der Waals surface area contributed by atoms with Crippen LogP contribution in [-0.4, -0.2) is 35.0 Å². The number of ether oxygens (including phenoxy) is 2. The number of hydrogen-bond acceptors (Lipinski definition) is 6. The molecule has 2 rings (SSSR count). The summed E-state index contributed by atoms with van der Waals surface area (Å²) in [6.45, 7) is 1.54. The van der Waals surface area contributed by atoms with Crippen LogP contribution in [0.1, 0.15) is 6.92 Å². The number of fused-ring (bicyclic) bond motifs is 1. The molecule has 11 heteroatoms. The van der Waals surface area contributed by atoms with E-state index in [2.05, 4.69) is 20.7 Å². The third-order valence-electron chi connectivity index (χ3n) is 3.14. The van der Waals surface area contributed by atoms with E-state index in [1.165, 1.54) is 37.3 Å². The fraction of sp³-hybridized carbons (Fsp3) is 0.200. The Hall–Kier alpha value is -2.11. The van der Waals surface area contributed by atoms with Crippen molar-refractivity contribution in [2.75, 3.05) is 0 Å². The molecule has 0 heterocycles. The van der Waals surface area contributed by atoms with E-state index in [9.17, 15) is 26.8 Å². The summed E-state index contributed by atoms with van der Waals surface area (Å²) >= 11 is 3.04. The molecule has 0 aliphatic carbocycles. The van der Waals surface area contributed by atoms with Crippen LogP contribution >= 0.6 is 15.9 Å². The molecule has 7 nitrogen and oxygen atoms in total. The highest BCUT2D eigenvalue weighted by Crippen LogP contribution is 2.34. The maximum atomic E-state index is 13.4. The molecule has 0 saturated carbocycles. The zero-order chi connectivity index (χ0) is 19.7. The van der Waals surface area contributed by atoms with Crippen molar-refractivity contribution in [1.29, 1.82) is 0 Å². The van der Waals surface area contributed by atoms with E-state index >= 15 is 0 Å². The van der Waals surface area contributed by atoms with Gasteiger partial charge in [0.2, 0.25) is 0 Å². The Balaban J connectivity index is 2.45. The molecule has 1 atom stereocenters. The van der Waals surface area contributed by atoms with Gasteiger partial charge in [0.25, 0.3) is 0 Å². The van der Waals surface area contributed by atoms with Crippen molar-refractivity contribution in [2.45, 2.75) is 17.0 Å². The normalized spacial score (nSPS) is 13.3. The molecule has 0 aliphatic heterocycles. The van der Waals surface area contributed by atoms with E-state index in [1.807, 2.05) is 0 Å². The summed E-state index contributed by atoms with van der Waals surface area (Å²) in [5.41, 5.74) is 0. The molecule has 0 bridgehead atoms. The maximum absolute atomic E-state index is 13.4. The molecule has 0 aliphatic rings. The first-order valence-electron chi connectivity index (χ1n) is 6.90. The van der Waals surface area contributed by atoms with E-state index in [4.69, 9.17) is 9.29 Å². The van der Waals surface area contributed by atoms with Gasteiger partial charge in [0.1, 0.15) is 16.3 Å². The molecule has 2 aromatic carbocycles. The summed E-state index contributed by atoms with van der Waals surface area (Å²) in [7, 11) is -5.99. The average Bonchev–Trinajstić information content (AvgIpc) is 2.54. The summed E-state index contributed by atoms with van der Waals surface area (Å²) < 4.78 is 66.1. The van der Waals surface area contributed by atoms with E-state index in [1.54, 1.807) is 0 Å². The van der Waals surface area contributed by atoms with Crippen LogP contribution in [0.4, 0.5) is 8.78 Å². The first kappa shape index (κ1) is 20.2. The molecular formula is C15H11BrF2O7S. The van der Waals surface area contributed by atoms with Gasteiger partial charge in [-0.05, 0) is 19.1 Å². The van der Waals surface area contributed by atoms with Crippen LogP contribution in [0.3, 0.4) is 0 Å². The van der Waals surface area contributed by atoms with Crippen LogP contribution in [0.5, 0.6) is 11.5 Å². The number of carbonyl (C=O) groups excluding carboxylic acids is 2. The number of rotatable bonds is 5. The van der Waals surface area contributed by atoms with E-state index < -0.39 is 37.9 Å². The third-order valence-corrected chi connectivity index (χ3v) is 4.33. The molecule has 0 saturated heterocycles. The molecule has 0 aromatic heterocycles. The smallest absolute Gasteiger partial charge is 0.425 e. The second-order valence-electron chi connectivity index (χ2n) is 5.03. The van der Waals surface area contributed by atoms with Gasteiger partial charge in [-0.15, -0.1) is 0 Å². The predicted octanol–water partition coefficient (Wildman–Crippen LogP) is 2.91. The Labute approximate surface area is 154 Å². The Morgan fingerprint density at radius 3 is 1.96 bits per heavy atom. The predicted molar refractivity (Wildman–Crippen MR) is 90.1 cm³/mol. The molecule has 0 amide bonds.